The van der Waals surface area contributed by atoms with Crippen LogP contribution in [0.25, 0.3) is 0 Å². The van der Waals surface area contributed by atoms with Gasteiger partial charge in [-0.25, -0.2) is 9.78 Å². The lowest BCUT2D eigenvalue weighted by Gasteiger charge is -2.54. The Morgan fingerprint density at radius 3 is 2.60 bits per heavy atom. The fraction of sp³-hybridized carbons (Fsp3) is 0.739. The van der Waals surface area contributed by atoms with Gasteiger partial charge in [0.1, 0.15) is 24.4 Å². The van der Waals surface area contributed by atoms with E-state index in [1.165, 1.54) is 0 Å². The second-order valence-electron chi connectivity index (χ2n) is 10.6. The van der Waals surface area contributed by atoms with E-state index in [4.69, 9.17) is 19.2 Å². The number of carbonyl (C=O) groups excluding carboxylic acids is 2. The van der Waals surface area contributed by atoms with Crippen LogP contribution in [0, 0.1) is 35.0 Å². The van der Waals surface area contributed by atoms with Gasteiger partial charge in [-0.05, 0) is 27.7 Å². The van der Waals surface area contributed by atoms with E-state index in [-0.39, 0.29) is 35.4 Å². The second-order valence-corrected chi connectivity index (χ2v) is 10.6. The molecule has 1 spiro atoms. The lowest BCUT2D eigenvalue weighted by Crippen LogP contribution is -2.63. The largest absolute Gasteiger partial charge is 0.392 e. The molecule has 1 N–H and O–H groups in total. The molecule has 2 heterocycles. The van der Waals surface area contributed by atoms with Gasteiger partial charge >= 0.3 is 0 Å². The average molecular weight is 416 g/mol. The summed E-state index contributed by atoms with van der Waals surface area (Å²) in [6, 6.07) is 0. The van der Waals surface area contributed by atoms with Gasteiger partial charge in [0.05, 0.1) is 23.0 Å². The number of allylic oxidation sites excluding steroid dienone is 1. The predicted octanol–water partition coefficient (Wildman–Crippen LogP) is 1.39. The number of rotatable bonds is 3. The van der Waals surface area contributed by atoms with Crippen LogP contribution in [0.5, 0.6) is 0 Å². The Morgan fingerprint density at radius 2 is 1.93 bits per heavy atom. The molecule has 162 valence electrons. The number of ether oxygens (including phenoxy) is 2. The monoisotopic (exact) mass is 416 g/mol. The van der Waals surface area contributed by atoms with E-state index >= 15 is 0 Å². The van der Waals surface area contributed by atoms with Crippen LogP contribution in [0.15, 0.2) is 23.3 Å². The molecule has 4 aliphatic carbocycles. The zero-order valence-corrected chi connectivity index (χ0v) is 17.8. The van der Waals surface area contributed by atoms with Crippen LogP contribution in [-0.2, 0) is 28.8 Å². The first-order valence-corrected chi connectivity index (χ1v) is 10.8. The van der Waals surface area contributed by atoms with E-state index in [9.17, 15) is 14.7 Å². The van der Waals surface area contributed by atoms with Gasteiger partial charge in [-0.15, -0.1) is 0 Å². The maximum Gasteiger partial charge on any atom is 0.190 e. The standard InChI is InChI=1S/C23H28O7/c1-8(2)6-11-23-10(22(3,4)27-5)7-9-12(21(23)26)13-15(23)18(30-29-11)14(17(13)25)19-20(28-19)16(9)24/h6-7,10-15,17-20,25H,1-5H3/t10-,11-,12-,13+,14+,15-,17+,18+,19-,20+,23-/m1/s1. The highest BCUT2D eigenvalue weighted by Crippen LogP contribution is 2.72. The minimum atomic E-state index is -0.962. The van der Waals surface area contributed by atoms with Crippen molar-refractivity contribution >= 4 is 11.6 Å². The third-order valence-corrected chi connectivity index (χ3v) is 8.73. The van der Waals surface area contributed by atoms with Gasteiger partial charge in [0.25, 0.3) is 0 Å². The number of Topliss-reactive ketones (excluding diaryl/α,β-unsaturated/α-hetero) is 2. The maximum atomic E-state index is 14.2. The normalized spacial score (nSPS) is 52.5. The Kier molecular flexibility index (Phi) is 3.67. The molecular weight excluding hydrogens is 388 g/mol. The zero-order chi connectivity index (χ0) is 21.3. The summed E-state index contributed by atoms with van der Waals surface area (Å²) < 4.78 is 11.6. The third kappa shape index (κ3) is 1.95. The van der Waals surface area contributed by atoms with Gasteiger partial charge in [-0.3, -0.25) is 9.59 Å². The van der Waals surface area contributed by atoms with E-state index < -0.39 is 47.3 Å². The fourth-order valence-corrected chi connectivity index (χ4v) is 7.47. The smallest absolute Gasteiger partial charge is 0.190 e. The molecule has 5 fully saturated rings. The van der Waals surface area contributed by atoms with E-state index in [2.05, 4.69) is 0 Å². The molecule has 6 aliphatic rings. The highest BCUT2D eigenvalue weighted by Gasteiger charge is 2.82. The van der Waals surface area contributed by atoms with Gasteiger partial charge < -0.3 is 14.6 Å². The van der Waals surface area contributed by atoms with Gasteiger partial charge in [-0.1, -0.05) is 17.7 Å². The highest BCUT2D eigenvalue weighted by molar-refractivity contribution is 6.10. The molecule has 6 rings (SSSR count). The Morgan fingerprint density at radius 1 is 1.20 bits per heavy atom. The van der Waals surface area contributed by atoms with Crippen LogP contribution in [0.4, 0.5) is 0 Å². The number of fused-ring (bicyclic) bond motifs is 4. The molecule has 7 heteroatoms. The van der Waals surface area contributed by atoms with Gasteiger partial charge in [-0.2, -0.15) is 0 Å². The predicted molar refractivity (Wildman–Crippen MR) is 103 cm³/mol. The van der Waals surface area contributed by atoms with Crippen LogP contribution in [-0.4, -0.2) is 59.9 Å². The van der Waals surface area contributed by atoms with Crippen molar-refractivity contribution in [1.82, 2.24) is 0 Å². The van der Waals surface area contributed by atoms with Crippen molar-refractivity contribution in [2.45, 2.75) is 63.8 Å². The van der Waals surface area contributed by atoms with Gasteiger partial charge in [0, 0.05) is 36.4 Å². The quantitative estimate of drug-likeness (QED) is 0.422. The molecule has 11 atom stereocenters. The number of methoxy groups -OCH3 is 1. The van der Waals surface area contributed by atoms with E-state index in [0.717, 1.165) is 5.57 Å². The van der Waals surface area contributed by atoms with Crippen LogP contribution in [0.1, 0.15) is 27.7 Å². The van der Waals surface area contributed by atoms with Gasteiger partial charge in [0.15, 0.2) is 11.6 Å². The Hall–Kier alpha value is -1.38. The molecule has 0 aromatic heterocycles. The summed E-state index contributed by atoms with van der Waals surface area (Å²) in [5, 5.41) is 11.4. The van der Waals surface area contributed by atoms with E-state index in [1.807, 2.05) is 39.8 Å². The lowest BCUT2D eigenvalue weighted by atomic mass is 9.54. The van der Waals surface area contributed by atoms with Crippen molar-refractivity contribution in [2.75, 3.05) is 7.11 Å². The van der Waals surface area contributed by atoms with Crippen LogP contribution in [0.3, 0.4) is 0 Å². The number of aliphatic hydroxyl groups is 1. The molecule has 0 radical (unpaired) electrons. The summed E-state index contributed by atoms with van der Waals surface area (Å²) in [5.41, 5.74) is -0.193. The van der Waals surface area contributed by atoms with Crippen molar-refractivity contribution in [2.24, 2.45) is 35.0 Å². The number of hydrogen-bond acceptors (Lipinski definition) is 7. The molecule has 0 amide bonds. The van der Waals surface area contributed by atoms with Crippen LogP contribution in [0.2, 0.25) is 0 Å². The molecule has 0 aromatic rings. The lowest BCUT2D eigenvalue weighted by molar-refractivity contribution is -0.410. The summed E-state index contributed by atoms with van der Waals surface area (Å²) >= 11 is 0. The molecule has 0 unspecified atom stereocenters. The molecule has 30 heavy (non-hydrogen) atoms. The summed E-state index contributed by atoms with van der Waals surface area (Å²) in [6.45, 7) is 7.81. The molecule has 4 bridgehead atoms. The highest BCUT2D eigenvalue weighted by atomic mass is 17.2. The van der Waals surface area contributed by atoms with Crippen molar-refractivity contribution in [1.29, 1.82) is 0 Å². The molecule has 7 nitrogen and oxygen atoms in total. The fourth-order valence-electron chi connectivity index (χ4n) is 7.47. The first-order valence-electron chi connectivity index (χ1n) is 10.8. The molecule has 2 aliphatic heterocycles. The number of carbonyl (C=O) groups is 2. The molecular formula is C23H28O7. The number of hydrogen-bond donors (Lipinski definition) is 1. The number of epoxide rings is 1. The average Bonchev–Trinajstić information content (AvgIpc) is 3.37. The van der Waals surface area contributed by atoms with Crippen LogP contribution < -0.4 is 0 Å². The molecule has 3 saturated carbocycles. The van der Waals surface area contributed by atoms with Crippen molar-refractivity contribution < 1.29 is 33.9 Å². The second kappa shape index (κ2) is 5.70. The maximum absolute atomic E-state index is 14.2. The number of aliphatic hydroxyl groups excluding tert-OH is 1. The molecule has 2 saturated heterocycles. The summed E-state index contributed by atoms with van der Waals surface area (Å²) in [5.74, 6) is -2.20. The van der Waals surface area contributed by atoms with Crippen LogP contribution >= 0.6 is 0 Å². The topological polar surface area (TPSA) is 94.6 Å². The van der Waals surface area contributed by atoms with Crippen molar-refractivity contribution in [3.63, 3.8) is 0 Å². The van der Waals surface area contributed by atoms with E-state index in [1.54, 1.807) is 7.11 Å². The first kappa shape index (κ1) is 19.3. The Labute approximate surface area is 175 Å². The Balaban J connectivity index is 1.67. The zero-order valence-electron chi connectivity index (χ0n) is 17.8. The van der Waals surface area contributed by atoms with Crippen molar-refractivity contribution in [3.05, 3.63) is 23.3 Å². The minimum Gasteiger partial charge on any atom is -0.392 e. The van der Waals surface area contributed by atoms with E-state index in [0.29, 0.717) is 5.57 Å². The Bertz CT molecular complexity index is 915. The van der Waals surface area contributed by atoms with Gasteiger partial charge in [0.2, 0.25) is 0 Å². The minimum absolute atomic E-state index is 0.0223. The van der Waals surface area contributed by atoms with Crippen molar-refractivity contribution in [3.8, 4) is 0 Å². The summed E-state index contributed by atoms with van der Waals surface area (Å²) in [4.78, 5) is 39.5. The molecule has 0 aromatic carbocycles. The summed E-state index contributed by atoms with van der Waals surface area (Å²) in [6.07, 6.45) is 1.01. The number of ketones is 2. The third-order valence-electron chi connectivity index (χ3n) is 8.73. The first-order chi connectivity index (χ1) is 14.2. The summed E-state index contributed by atoms with van der Waals surface area (Å²) in [7, 11) is 1.63. The SMILES string of the molecule is COC(C)(C)[C@H]1C=C2C(=O)[C@@H]3O[C@@H]3[C@H]3[C@@H](O)[C@H]4[C@@H]2C(=O)[C@]12[C@H]4[C@H]3OO[C@@H]2C=C(C)C.